The van der Waals surface area contributed by atoms with Gasteiger partial charge in [0.2, 0.25) is 0 Å². The molecule has 0 fully saturated rings. The summed E-state index contributed by atoms with van der Waals surface area (Å²) in [6, 6.07) is 0. The first-order valence-electron chi connectivity index (χ1n) is 5.01. The van der Waals surface area contributed by atoms with Gasteiger partial charge in [-0.05, 0) is 37.3 Å². The van der Waals surface area contributed by atoms with Crippen molar-refractivity contribution in [1.82, 2.24) is 5.32 Å². The molecule has 0 bridgehead atoms. The van der Waals surface area contributed by atoms with E-state index in [2.05, 4.69) is 44.5 Å². The summed E-state index contributed by atoms with van der Waals surface area (Å²) in [5.41, 5.74) is 4.57. The van der Waals surface area contributed by atoms with E-state index < -0.39 is 0 Å². The minimum Gasteiger partial charge on any atom is -0.360 e. The predicted molar refractivity (Wildman–Crippen MR) is 62.7 cm³/mol. The second kappa shape index (κ2) is 4.32. The lowest BCUT2D eigenvalue weighted by atomic mass is 9.87. The Morgan fingerprint density at radius 1 is 1.50 bits per heavy atom. The molecule has 1 unspecified atom stereocenters. The van der Waals surface area contributed by atoms with Crippen LogP contribution < -0.4 is 5.32 Å². The first-order chi connectivity index (χ1) is 6.52. The lowest BCUT2D eigenvalue weighted by Gasteiger charge is -2.23. The van der Waals surface area contributed by atoms with E-state index in [-0.39, 0.29) is 0 Å². The van der Waals surface area contributed by atoms with Crippen molar-refractivity contribution in [2.45, 2.75) is 27.2 Å². The number of rotatable bonds is 3. The smallest absolute Gasteiger partial charge is 0.0346 e. The summed E-state index contributed by atoms with van der Waals surface area (Å²) in [7, 11) is 0. The lowest BCUT2D eigenvalue weighted by molar-refractivity contribution is 0.673. The highest BCUT2D eigenvalue weighted by atomic mass is 14.9. The van der Waals surface area contributed by atoms with Crippen LogP contribution in [0.15, 0.2) is 47.9 Å². The topological polar surface area (TPSA) is 12.0 Å². The van der Waals surface area contributed by atoms with Gasteiger partial charge in [-0.15, -0.1) is 0 Å². The molecule has 0 radical (unpaired) electrons. The summed E-state index contributed by atoms with van der Waals surface area (Å²) in [6.45, 7) is 14.2. The Morgan fingerprint density at radius 3 is 2.64 bits per heavy atom. The fourth-order valence-electron chi connectivity index (χ4n) is 1.91. The van der Waals surface area contributed by atoms with Gasteiger partial charge in [0.1, 0.15) is 0 Å². The maximum absolute atomic E-state index is 4.06. The van der Waals surface area contributed by atoms with Crippen LogP contribution >= 0.6 is 0 Å². The Balaban J connectivity index is 2.88. The van der Waals surface area contributed by atoms with Crippen LogP contribution in [-0.4, -0.2) is 0 Å². The van der Waals surface area contributed by atoms with Crippen molar-refractivity contribution < 1.29 is 0 Å². The van der Waals surface area contributed by atoms with Crippen LogP contribution in [0.3, 0.4) is 0 Å². The van der Waals surface area contributed by atoms with Gasteiger partial charge in [-0.25, -0.2) is 0 Å². The molecule has 1 aliphatic carbocycles. The number of allylic oxidation sites excluding steroid dienone is 5. The van der Waals surface area contributed by atoms with E-state index in [9.17, 15) is 0 Å². The predicted octanol–water partition coefficient (Wildman–Crippen LogP) is 3.54. The van der Waals surface area contributed by atoms with E-state index in [1.807, 2.05) is 6.92 Å². The van der Waals surface area contributed by atoms with Crippen LogP contribution in [0.1, 0.15) is 27.2 Å². The third-order valence-corrected chi connectivity index (χ3v) is 2.46. The molecular formula is C13H19N. The molecule has 0 aliphatic heterocycles. The van der Waals surface area contributed by atoms with Crippen LogP contribution in [0.4, 0.5) is 0 Å². The molecule has 76 valence electrons. The third-order valence-electron chi connectivity index (χ3n) is 2.46. The van der Waals surface area contributed by atoms with Crippen molar-refractivity contribution >= 4 is 0 Å². The maximum Gasteiger partial charge on any atom is 0.0346 e. The largest absolute Gasteiger partial charge is 0.360 e. The summed E-state index contributed by atoms with van der Waals surface area (Å²) in [4.78, 5) is 0. The fraction of sp³-hybridized carbons (Fsp3) is 0.385. The normalized spacial score (nSPS) is 20.9. The van der Waals surface area contributed by atoms with Crippen molar-refractivity contribution in [2.75, 3.05) is 0 Å². The molecule has 1 N–H and O–H groups in total. The molecule has 1 nitrogen and oxygen atoms in total. The summed E-state index contributed by atoms with van der Waals surface area (Å²) >= 11 is 0. The molecule has 0 amide bonds. The standard InChI is InChI=1S/C13H19N/c1-9(2)14-12(5)13-10(3)7-6-8-11(13)4/h6-7,11,14H,1,5,8H2,2-4H3. The van der Waals surface area contributed by atoms with E-state index in [4.69, 9.17) is 0 Å². The zero-order chi connectivity index (χ0) is 10.7. The first-order valence-corrected chi connectivity index (χ1v) is 5.01. The van der Waals surface area contributed by atoms with Crippen LogP contribution in [0, 0.1) is 5.92 Å². The monoisotopic (exact) mass is 189 g/mol. The molecule has 0 heterocycles. The average Bonchev–Trinajstić information content (AvgIpc) is 2.01. The molecule has 0 saturated heterocycles. The zero-order valence-electron chi connectivity index (χ0n) is 9.35. The molecule has 1 rings (SSSR count). The Morgan fingerprint density at radius 2 is 2.14 bits per heavy atom. The molecule has 1 heteroatoms. The van der Waals surface area contributed by atoms with Gasteiger partial charge in [0.25, 0.3) is 0 Å². The van der Waals surface area contributed by atoms with Gasteiger partial charge >= 0.3 is 0 Å². The highest BCUT2D eigenvalue weighted by Crippen LogP contribution is 2.28. The highest BCUT2D eigenvalue weighted by Gasteiger charge is 2.15. The summed E-state index contributed by atoms with van der Waals surface area (Å²) < 4.78 is 0. The molecular weight excluding hydrogens is 170 g/mol. The Kier molecular flexibility index (Phi) is 3.34. The molecule has 14 heavy (non-hydrogen) atoms. The van der Waals surface area contributed by atoms with Crippen molar-refractivity contribution in [3.63, 3.8) is 0 Å². The van der Waals surface area contributed by atoms with E-state index in [1.54, 1.807) is 0 Å². The molecule has 0 aromatic rings. The molecule has 0 aromatic carbocycles. The van der Waals surface area contributed by atoms with Gasteiger partial charge in [0.05, 0.1) is 0 Å². The Labute approximate surface area is 86.9 Å². The van der Waals surface area contributed by atoms with E-state index in [0.717, 1.165) is 17.8 Å². The summed E-state index contributed by atoms with van der Waals surface area (Å²) in [5.74, 6) is 0.555. The fourth-order valence-corrected chi connectivity index (χ4v) is 1.91. The van der Waals surface area contributed by atoms with Gasteiger partial charge in [0, 0.05) is 11.4 Å². The average molecular weight is 189 g/mol. The summed E-state index contributed by atoms with van der Waals surface area (Å²) in [6.07, 6.45) is 5.49. The number of nitrogens with one attached hydrogen (secondary N) is 1. The lowest BCUT2D eigenvalue weighted by Crippen LogP contribution is -2.17. The quantitative estimate of drug-likeness (QED) is 0.716. The van der Waals surface area contributed by atoms with Gasteiger partial charge < -0.3 is 5.32 Å². The van der Waals surface area contributed by atoms with Crippen LogP contribution in [0.5, 0.6) is 0 Å². The molecule has 0 spiro atoms. The van der Waals surface area contributed by atoms with Crippen molar-refractivity contribution in [2.24, 2.45) is 5.92 Å². The van der Waals surface area contributed by atoms with E-state index >= 15 is 0 Å². The van der Waals surface area contributed by atoms with Gasteiger partial charge in [-0.3, -0.25) is 0 Å². The zero-order valence-corrected chi connectivity index (χ0v) is 9.35. The molecule has 1 aliphatic rings. The Bertz CT molecular complexity index is 318. The van der Waals surface area contributed by atoms with Gasteiger partial charge in [-0.2, -0.15) is 0 Å². The first kappa shape index (κ1) is 10.8. The van der Waals surface area contributed by atoms with Gasteiger partial charge in [-0.1, -0.05) is 32.2 Å². The third kappa shape index (κ3) is 2.38. The molecule has 0 aromatic heterocycles. The van der Waals surface area contributed by atoms with Crippen LogP contribution in [0.2, 0.25) is 0 Å². The van der Waals surface area contributed by atoms with E-state index in [1.165, 1.54) is 11.1 Å². The Hall–Kier alpha value is -1.24. The molecule has 0 saturated carbocycles. The minimum absolute atomic E-state index is 0.555. The van der Waals surface area contributed by atoms with Crippen molar-refractivity contribution in [3.05, 3.63) is 47.9 Å². The number of hydrogen-bond acceptors (Lipinski definition) is 1. The number of hydrogen-bond donors (Lipinski definition) is 1. The molecule has 1 atom stereocenters. The highest BCUT2D eigenvalue weighted by molar-refractivity contribution is 5.41. The minimum atomic E-state index is 0.555. The second-order valence-corrected chi connectivity index (χ2v) is 4.02. The maximum atomic E-state index is 4.06. The summed E-state index contributed by atoms with van der Waals surface area (Å²) in [5, 5.41) is 3.19. The van der Waals surface area contributed by atoms with Crippen molar-refractivity contribution in [3.8, 4) is 0 Å². The SMILES string of the molecule is C=C(C)NC(=C)C1=C(C)C=CCC1C. The van der Waals surface area contributed by atoms with Gasteiger partial charge in [0.15, 0.2) is 0 Å². The van der Waals surface area contributed by atoms with Crippen molar-refractivity contribution in [1.29, 1.82) is 0 Å². The van der Waals surface area contributed by atoms with E-state index in [0.29, 0.717) is 5.92 Å². The van der Waals surface area contributed by atoms with Crippen LogP contribution in [-0.2, 0) is 0 Å². The van der Waals surface area contributed by atoms with Crippen LogP contribution in [0.25, 0.3) is 0 Å². The second-order valence-electron chi connectivity index (χ2n) is 4.02.